The minimum absolute atomic E-state index is 0.0106. The molecule has 28 heavy (non-hydrogen) atoms. The number of carbonyl (C=O) groups excluding carboxylic acids is 2. The van der Waals surface area contributed by atoms with E-state index in [1.54, 1.807) is 12.1 Å². The summed E-state index contributed by atoms with van der Waals surface area (Å²) in [5.74, 6) is 1.57. The Morgan fingerprint density at radius 3 is 2.54 bits per heavy atom. The van der Waals surface area contributed by atoms with Crippen molar-refractivity contribution in [1.29, 1.82) is 0 Å². The summed E-state index contributed by atoms with van der Waals surface area (Å²) in [6, 6.07) is 7.22. The number of carbonyl (C=O) groups is 2. The number of thioether (sulfide) groups is 2. The van der Waals surface area contributed by atoms with E-state index in [2.05, 4.69) is 0 Å². The van der Waals surface area contributed by atoms with Gasteiger partial charge in [0.2, 0.25) is 0 Å². The van der Waals surface area contributed by atoms with Crippen LogP contribution in [0.15, 0.2) is 24.3 Å². The molecule has 1 fully saturated rings. The lowest BCUT2D eigenvalue weighted by Crippen LogP contribution is -2.32. The molecule has 0 amide bonds. The number of rotatable bonds is 11. The minimum Gasteiger partial charge on any atom is -0.508 e. The van der Waals surface area contributed by atoms with E-state index in [1.165, 1.54) is 0 Å². The zero-order chi connectivity index (χ0) is 20.4. The number of ether oxygens (including phenoxy) is 1. The predicted octanol–water partition coefficient (Wildman–Crippen LogP) is 3.94. The molecule has 0 spiro atoms. The number of aliphatic hydroxyl groups is 1. The first-order chi connectivity index (χ1) is 13.4. The third-order valence-corrected chi connectivity index (χ3v) is 8.05. The smallest absolute Gasteiger partial charge is 0.313 e. The fourth-order valence-electron chi connectivity index (χ4n) is 3.17. The molecule has 7 heteroatoms. The van der Waals surface area contributed by atoms with Gasteiger partial charge in [-0.05, 0) is 61.3 Å². The van der Waals surface area contributed by atoms with Crippen LogP contribution in [0.5, 0.6) is 5.75 Å². The molecule has 0 radical (unpaired) electrons. The molecule has 0 aromatic heterocycles. The maximum Gasteiger partial charge on any atom is 0.313 e. The molecule has 2 N–H and O–H groups in total. The highest BCUT2D eigenvalue weighted by atomic mass is 32.2. The first-order valence-electron chi connectivity index (χ1n) is 9.83. The third kappa shape index (κ3) is 8.05. The van der Waals surface area contributed by atoms with Crippen molar-refractivity contribution in [2.24, 2.45) is 0 Å². The van der Waals surface area contributed by atoms with Crippen molar-refractivity contribution in [1.82, 2.24) is 0 Å². The van der Waals surface area contributed by atoms with E-state index < -0.39 is 12.1 Å². The summed E-state index contributed by atoms with van der Waals surface area (Å²) in [4.78, 5) is 23.7. The van der Waals surface area contributed by atoms with Crippen LogP contribution >= 0.6 is 23.5 Å². The van der Waals surface area contributed by atoms with Crippen LogP contribution in [-0.4, -0.2) is 50.3 Å². The highest BCUT2D eigenvalue weighted by Gasteiger charge is 2.36. The summed E-state index contributed by atoms with van der Waals surface area (Å²) >= 11 is 3.73. The lowest BCUT2D eigenvalue weighted by molar-refractivity contribution is -0.146. The van der Waals surface area contributed by atoms with E-state index in [9.17, 15) is 19.8 Å². The summed E-state index contributed by atoms with van der Waals surface area (Å²) in [5.41, 5.74) is 1.15. The SMILES string of the molecule is CCCOC(=O)CC(=O)C[C@H](O)CC1(CCc2ccc(O)cc2)SCCCS1. The van der Waals surface area contributed by atoms with Gasteiger partial charge in [0, 0.05) is 6.42 Å². The number of Topliss-reactive ketones (excluding diaryl/α,β-unsaturated/α-hetero) is 1. The van der Waals surface area contributed by atoms with Crippen LogP contribution in [0.2, 0.25) is 0 Å². The molecule has 2 rings (SSSR count). The van der Waals surface area contributed by atoms with Crippen molar-refractivity contribution < 1.29 is 24.5 Å². The van der Waals surface area contributed by atoms with E-state index >= 15 is 0 Å². The van der Waals surface area contributed by atoms with Crippen molar-refractivity contribution in [2.75, 3.05) is 18.1 Å². The van der Waals surface area contributed by atoms with Gasteiger partial charge >= 0.3 is 5.97 Å². The summed E-state index contributed by atoms with van der Waals surface area (Å²) < 4.78 is 4.82. The number of aliphatic hydroxyl groups excluding tert-OH is 1. The first-order valence-corrected chi connectivity index (χ1v) is 11.8. The van der Waals surface area contributed by atoms with Gasteiger partial charge in [0.25, 0.3) is 0 Å². The zero-order valence-corrected chi connectivity index (χ0v) is 18.0. The van der Waals surface area contributed by atoms with E-state index in [4.69, 9.17) is 4.74 Å². The molecule has 1 saturated heterocycles. The van der Waals surface area contributed by atoms with Gasteiger partial charge in [0.1, 0.15) is 18.0 Å². The highest BCUT2D eigenvalue weighted by molar-refractivity contribution is 8.18. The van der Waals surface area contributed by atoms with Crippen LogP contribution in [0.4, 0.5) is 0 Å². The molecule has 0 saturated carbocycles. The molecule has 1 aromatic rings. The molecule has 0 unspecified atom stereocenters. The molecule has 5 nitrogen and oxygen atoms in total. The van der Waals surface area contributed by atoms with Crippen LogP contribution in [-0.2, 0) is 20.7 Å². The second-order valence-electron chi connectivity index (χ2n) is 7.13. The number of hydrogen-bond donors (Lipinski definition) is 2. The van der Waals surface area contributed by atoms with Gasteiger partial charge in [-0.1, -0.05) is 19.1 Å². The van der Waals surface area contributed by atoms with Gasteiger partial charge in [0.05, 0.1) is 16.8 Å². The monoisotopic (exact) mass is 426 g/mol. The van der Waals surface area contributed by atoms with Gasteiger partial charge in [-0.3, -0.25) is 9.59 Å². The number of phenols is 1. The van der Waals surface area contributed by atoms with Crippen molar-refractivity contribution in [3.05, 3.63) is 29.8 Å². The van der Waals surface area contributed by atoms with E-state index in [0.29, 0.717) is 13.0 Å². The molecular formula is C21H30O5S2. The average molecular weight is 427 g/mol. The van der Waals surface area contributed by atoms with Crippen LogP contribution in [0.25, 0.3) is 0 Å². The first kappa shape index (κ1) is 23.1. The maximum absolute atomic E-state index is 12.1. The van der Waals surface area contributed by atoms with Crippen molar-refractivity contribution in [3.63, 3.8) is 0 Å². The maximum atomic E-state index is 12.1. The molecule has 1 heterocycles. The molecule has 0 aliphatic carbocycles. The Hall–Kier alpha value is -1.18. The number of phenolic OH excluding ortho intramolecular Hbond substituents is 1. The Morgan fingerprint density at radius 2 is 1.89 bits per heavy atom. The fraction of sp³-hybridized carbons (Fsp3) is 0.619. The fourth-order valence-corrected chi connectivity index (χ4v) is 6.62. The summed E-state index contributed by atoms with van der Waals surface area (Å²) in [5, 5.41) is 20.0. The van der Waals surface area contributed by atoms with E-state index in [-0.39, 0.29) is 28.5 Å². The van der Waals surface area contributed by atoms with Crippen molar-refractivity contribution in [2.45, 2.75) is 62.1 Å². The van der Waals surface area contributed by atoms with Crippen LogP contribution in [0.3, 0.4) is 0 Å². The topological polar surface area (TPSA) is 83.8 Å². The standard InChI is InChI=1S/C21H30O5S2/c1-2-10-26-20(25)14-18(23)13-19(24)15-21(27-11-3-12-28-21)9-8-16-4-6-17(22)7-5-16/h4-7,19,22,24H,2-3,8-15H2,1H3/t19-/m0/s1. The predicted molar refractivity (Wildman–Crippen MR) is 115 cm³/mol. The number of esters is 1. The number of ketones is 1. The second-order valence-corrected chi connectivity index (χ2v) is 10.3. The van der Waals surface area contributed by atoms with Gasteiger partial charge in [-0.15, -0.1) is 23.5 Å². The minimum atomic E-state index is -0.760. The molecule has 1 aromatic carbocycles. The van der Waals surface area contributed by atoms with Gasteiger partial charge in [-0.2, -0.15) is 0 Å². The highest BCUT2D eigenvalue weighted by Crippen LogP contribution is 2.48. The average Bonchev–Trinajstić information content (AvgIpc) is 2.66. The van der Waals surface area contributed by atoms with Gasteiger partial charge in [-0.25, -0.2) is 0 Å². The van der Waals surface area contributed by atoms with E-state index in [0.717, 1.165) is 42.8 Å². The normalized spacial score (nSPS) is 17.1. The molecule has 1 atom stereocenters. The summed E-state index contributed by atoms with van der Waals surface area (Å²) in [6.45, 7) is 2.22. The molecule has 156 valence electrons. The third-order valence-electron chi connectivity index (χ3n) is 4.57. The van der Waals surface area contributed by atoms with Gasteiger partial charge < -0.3 is 14.9 Å². The Morgan fingerprint density at radius 1 is 1.21 bits per heavy atom. The molecule has 0 bridgehead atoms. The quantitative estimate of drug-likeness (QED) is 0.409. The van der Waals surface area contributed by atoms with Crippen LogP contribution < -0.4 is 0 Å². The van der Waals surface area contributed by atoms with Crippen LogP contribution in [0.1, 0.15) is 51.0 Å². The molecular weight excluding hydrogens is 396 g/mol. The lowest BCUT2D eigenvalue weighted by Gasteiger charge is -2.37. The van der Waals surface area contributed by atoms with E-state index in [1.807, 2.05) is 42.6 Å². The van der Waals surface area contributed by atoms with Crippen molar-refractivity contribution >= 4 is 35.3 Å². The summed E-state index contributed by atoms with van der Waals surface area (Å²) in [6.07, 6.45) is 3.09. The zero-order valence-electron chi connectivity index (χ0n) is 16.4. The van der Waals surface area contributed by atoms with Crippen molar-refractivity contribution in [3.8, 4) is 5.75 Å². The number of hydrogen-bond acceptors (Lipinski definition) is 7. The molecule has 1 aliphatic heterocycles. The Balaban J connectivity index is 1.88. The lowest BCUT2D eigenvalue weighted by atomic mass is 10.0. The Kier molecular flexibility index (Phi) is 9.68. The van der Waals surface area contributed by atoms with Crippen LogP contribution in [0, 0.1) is 0 Å². The van der Waals surface area contributed by atoms with Gasteiger partial charge in [0.15, 0.2) is 0 Å². The number of aryl methyl sites for hydroxylation is 1. The second kappa shape index (κ2) is 11.7. The summed E-state index contributed by atoms with van der Waals surface area (Å²) in [7, 11) is 0. The number of aromatic hydroxyl groups is 1. The largest absolute Gasteiger partial charge is 0.508 e. The Labute approximate surface area is 175 Å². The Bertz CT molecular complexity index is 626. The number of benzene rings is 1. The molecule has 1 aliphatic rings.